The van der Waals surface area contributed by atoms with Crippen molar-refractivity contribution in [3.8, 4) is 0 Å². The monoisotopic (exact) mass is 408 g/mol. The first kappa shape index (κ1) is 19.5. The summed E-state index contributed by atoms with van der Waals surface area (Å²) in [6, 6.07) is 2.21. The predicted molar refractivity (Wildman–Crippen MR) is 96.4 cm³/mol. The van der Waals surface area contributed by atoms with E-state index in [0.717, 1.165) is 0 Å². The highest BCUT2D eigenvalue weighted by Crippen LogP contribution is 2.32. The minimum atomic E-state index is -4.65. The lowest BCUT2D eigenvalue weighted by Crippen LogP contribution is -2.54. The molecular formula is C19H21F3N5O2+. The van der Waals surface area contributed by atoms with Crippen LogP contribution in [-0.2, 0) is 9.53 Å². The maximum Gasteiger partial charge on any atom is 0.418 e. The molecule has 0 saturated carbocycles. The van der Waals surface area contributed by atoms with Gasteiger partial charge in [0.2, 0.25) is 11.7 Å². The zero-order chi connectivity index (χ0) is 20.4. The maximum atomic E-state index is 13.6. The molecule has 3 aliphatic rings. The number of amides is 1. The smallest absolute Gasteiger partial charge is 0.379 e. The Morgan fingerprint density at radius 1 is 1.28 bits per heavy atom. The fourth-order valence-corrected chi connectivity index (χ4v) is 3.55. The van der Waals surface area contributed by atoms with Crippen molar-refractivity contribution >= 4 is 5.91 Å². The van der Waals surface area contributed by atoms with Gasteiger partial charge >= 0.3 is 6.18 Å². The van der Waals surface area contributed by atoms with Crippen molar-refractivity contribution < 1.29 is 27.7 Å². The van der Waals surface area contributed by atoms with Gasteiger partial charge in [-0.25, -0.2) is 4.98 Å². The number of H-pyrrole nitrogens is 1. The molecule has 1 saturated heterocycles. The Balaban J connectivity index is 1.58. The van der Waals surface area contributed by atoms with Crippen molar-refractivity contribution in [2.45, 2.75) is 18.5 Å². The van der Waals surface area contributed by atoms with Gasteiger partial charge in [-0.1, -0.05) is 12.1 Å². The van der Waals surface area contributed by atoms with Crippen LogP contribution in [0.3, 0.4) is 0 Å². The Bertz CT molecular complexity index is 847. The van der Waals surface area contributed by atoms with Crippen molar-refractivity contribution in [2.24, 2.45) is 0 Å². The number of alkyl halides is 3. The van der Waals surface area contributed by atoms with Crippen molar-refractivity contribution in [1.82, 2.24) is 20.4 Å². The second-order valence-electron chi connectivity index (χ2n) is 6.80. The van der Waals surface area contributed by atoms with E-state index >= 15 is 0 Å². The van der Waals surface area contributed by atoms with Gasteiger partial charge in [0.1, 0.15) is 5.70 Å². The van der Waals surface area contributed by atoms with Crippen LogP contribution in [0.1, 0.15) is 11.7 Å². The van der Waals surface area contributed by atoms with Crippen LogP contribution in [0, 0.1) is 0 Å². The van der Waals surface area contributed by atoms with Gasteiger partial charge in [0.25, 0.3) is 5.91 Å². The normalized spacial score (nSPS) is 23.0. The van der Waals surface area contributed by atoms with Gasteiger partial charge in [-0.15, -0.1) is 0 Å². The van der Waals surface area contributed by atoms with Crippen molar-refractivity contribution in [3.63, 3.8) is 0 Å². The first-order valence-electron chi connectivity index (χ1n) is 9.25. The summed E-state index contributed by atoms with van der Waals surface area (Å²) >= 11 is 0. The van der Waals surface area contributed by atoms with Gasteiger partial charge < -0.3 is 20.3 Å². The summed E-state index contributed by atoms with van der Waals surface area (Å²) in [5.74, 6) is -0.819. The summed E-state index contributed by atoms with van der Waals surface area (Å²) < 4.78 is 46.2. The average Bonchev–Trinajstić information content (AvgIpc) is 3.12. The number of ether oxygens (including phenoxy) is 1. The van der Waals surface area contributed by atoms with E-state index in [0.29, 0.717) is 32.0 Å². The molecule has 1 aromatic heterocycles. The number of hydrogen-bond acceptors (Lipinski definition) is 5. The number of aromatic nitrogens is 1. The zero-order valence-electron chi connectivity index (χ0n) is 15.4. The van der Waals surface area contributed by atoms with Crippen LogP contribution in [0.25, 0.3) is 0 Å². The minimum Gasteiger partial charge on any atom is -0.379 e. The molecule has 0 radical (unpaired) electrons. The van der Waals surface area contributed by atoms with Gasteiger partial charge in [-0.2, -0.15) is 13.2 Å². The van der Waals surface area contributed by atoms with Gasteiger partial charge in [0, 0.05) is 31.4 Å². The van der Waals surface area contributed by atoms with Crippen LogP contribution < -0.4 is 15.6 Å². The van der Waals surface area contributed by atoms with E-state index in [-0.39, 0.29) is 17.7 Å². The lowest BCUT2D eigenvalue weighted by atomic mass is 10.1. The Morgan fingerprint density at radius 2 is 2.07 bits per heavy atom. The van der Waals surface area contributed by atoms with Gasteiger partial charge in [0.05, 0.1) is 18.9 Å². The van der Waals surface area contributed by atoms with Crippen LogP contribution in [-0.4, -0.2) is 54.5 Å². The van der Waals surface area contributed by atoms with E-state index < -0.39 is 18.1 Å². The highest BCUT2D eigenvalue weighted by atomic mass is 19.4. The van der Waals surface area contributed by atoms with Crippen molar-refractivity contribution in [1.29, 1.82) is 0 Å². The molecule has 3 aliphatic heterocycles. The molecular weight excluding hydrogens is 387 g/mol. The summed E-state index contributed by atoms with van der Waals surface area (Å²) in [5.41, 5.74) is 0.490. The molecule has 0 aliphatic carbocycles. The third-order valence-electron chi connectivity index (χ3n) is 4.95. The number of fused-ring (bicyclic) bond motifs is 1. The number of pyridine rings is 1. The highest BCUT2D eigenvalue weighted by Gasteiger charge is 2.47. The van der Waals surface area contributed by atoms with Crippen LogP contribution >= 0.6 is 0 Å². The van der Waals surface area contributed by atoms with Gasteiger partial charge in [-0.3, -0.25) is 9.69 Å². The number of carbonyl (C=O) groups excluding carboxylic acids is 1. The minimum absolute atomic E-state index is 0.104. The highest BCUT2D eigenvalue weighted by molar-refractivity contribution is 5.95. The average molecular weight is 408 g/mol. The van der Waals surface area contributed by atoms with E-state index in [1.54, 1.807) is 24.4 Å². The summed E-state index contributed by atoms with van der Waals surface area (Å²) in [6.45, 7) is 2.42. The molecule has 10 heteroatoms. The number of halogens is 3. The Labute approximate surface area is 165 Å². The molecule has 0 aromatic carbocycles. The lowest BCUT2D eigenvalue weighted by molar-refractivity contribution is -0.401. The third kappa shape index (κ3) is 3.99. The molecule has 2 atom stereocenters. The standard InChI is InChI=1S/C19H20F3N5O2/c20-19(21,22)16(13-5-1-3-7-23-13)25-17(28)15-14-6-2-4-8-27(14)18(24-15)26-9-11-29-12-10-26/h1-8,16,18,24H,9-12H2,(H,25,28)/p+1. The topological polar surface area (TPSA) is 71.0 Å². The van der Waals surface area contributed by atoms with Gasteiger partial charge in [-0.05, 0) is 12.2 Å². The summed E-state index contributed by atoms with van der Waals surface area (Å²) in [4.78, 5) is 19.4. The van der Waals surface area contributed by atoms with Crippen LogP contribution in [0.15, 0.2) is 60.2 Å². The van der Waals surface area contributed by atoms with Crippen molar-refractivity contribution in [3.05, 3.63) is 65.9 Å². The Kier molecular flexibility index (Phi) is 5.29. The SMILES string of the molecule is O=C(NC(c1cccc[nH+]1)C(F)(F)F)C1=C2C=CC=CN2C(N2CCOCC2)N1. The molecule has 0 bridgehead atoms. The molecule has 2 unspecified atom stereocenters. The lowest BCUT2D eigenvalue weighted by Gasteiger charge is -2.37. The summed E-state index contributed by atoms with van der Waals surface area (Å²) in [7, 11) is 0. The predicted octanol–water partition coefficient (Wildman–Crippen LogP) is 1.04. The molecule has 1 amide bonds. The molecule has 29 heavy (non-hydrogen) atoms. The van der Waals surface area contributed by atoms with Crippen LogP contribution in [0.4, 0.5) is 13.2 Å². The molecule has 4 rings (SSSR count). The van der Waals surface area contributed by atoms with E-state index in [1.807, 2.05) is 11.0 Å². The number of aromatic amines is 1. The molecule has 154 valence electrons. The number of rotatable bonds is 4. The maximum absolute atomic E-state index is 13.6. The molecule has 7 nitrogen and oxygen atoms in total. The summed E-state index contributed by atoms with van der Waals surface area (Å²) in [6.07, 6.45) is 3.45. The number of morpholine rings is 1. The Hall–Kier alpha value is -2.85. The molecule has 3 N–H and O–H groups in total. The number of allylic oxidation sites excluding steroid dienone is 3. The number of nitrogens with one attached hydrogen (secondary N) is 3. The van der Waals surface area contributed by atoms with Gasteiger partial charge in [0.15, 0.2) is 12.5 Å². The molecule has 4 heterocycles. The molecule has 1 fully saturated rings. The first-order chi connectivity index (χ1) is 13.9. The summed E-state index contributed by atoms with van der Waals surface area (Å²) in [5, 5.41) is 5.22. The van der Waals surface area contributed by atoms with E-state index in [2.05, 4.69) is 20.5 Å². The number of hydrogen-bond donors (Lipinski definition) is 2. The second-order valence-corrected chi connectivity index (χ2v) is 6.80. The second kappa shape index (κ2) is 7.88. The third-order valence-corrected chi connectivity index (χ3v) is 4.95. The van der Waals surface area contributed by atoms with Crippen molar-refractivity contribution in [2.75, 3.05) is 26.3 Å². The molecule has 0 spiro atoms. The first-order valence-corrected chi connectivity index (χ1v) is 9.25. The van der Waals surface area contributed by atoms with E-state index in [4.69, 9.17) is 4.74 Å². The molecule has 1 aromatic rings. The largest absolute Gasteiger partial charge is 0.418 e. The van der Waals surface area contributed by atoms with E-state index in [1.165, 1.54) is 18.3 Å². The fraction of sp³-hybridized carbons (Fsp3) is 0.368. The quantitative estimate of drug-likeness (QED) is 0.779. The number of nitrogens with zero attached hydrogens (tertiary/aromatic N) is 2. The van der Waals surface area contributed by atoms with Crippen LogP contribution in [0.2, 0.25) is 0 Å². The fourth-order valence-electron chi connectivity index (χ4n) is 3.55. The number of carbonyl (C=O) groups is 1. The Morgan fingerprint density at radius 3 is 2.76 bits per heavy atom. The van der Waals surface area contributed by atoms with Crippen LogP contribution in [0.5, 0.6) is 0 Å². The van der Waals surface area contributed by atoms with E-state index in [9.17, 15) is 18.0 Å². The zero-order valence-corrected chi connectivity index (χ0v) is 15.4.